The molecule has 8 heteroatoms. The molecular weight excluding hydrogens is 457 g/mol. The summed E-state index contributed by atoms with van der Waals surface area (Å²) in [4.78, 5) is 8.62. The fraction of sp³-hybridized carbons (Fsp3) is 0.526. The first-order chi connectivity index (χ1) is 12.7. The molecule has 1 aliphatic heterocycles. The molecule has 0 spiro atoms. The van der Waals surface area contributed by atoms with Crippen molar-refractivity contribution in [1.29, 1.82) is 0 Å². The van der Waals surface area contributed by atoms with Crippen molar-refractivity contribution in [1.82, 2.24) is 20.8 Å². The van der Waals surface area contributed by atoms with Crippen LogP contribution in [-0.2, 0) is 19.3 Å². The molecule has 2 heterocycles. The third kappa shape index (κ3) is 6.08. The fourth-order valence-electron chi connectivity index (χ4n) is 2.83. The highest BCUT2D eigenvalue weighted by Crippen LogP contribution is 2.25. The van der Waals surface area contributed by atoms with Gasteiger partial charge in [-0.05, 0) is 23.6 Å². The maximum Gasteiger partial charge on any atom is 0.228 e. The Bertz CT molecular complexity index is 760. The van der Waals surface area contributed by atoms with Crippen molar-refractivity contribution in [2.24, 2.45) is 4.99 Å². The zero-order valence-corrected chi connectivity index (χ0v) is 18.4. The largest absolute Gasteiger partial charge is 0.493 e. The maximum atomic E-state index is 5.55. The number of hydrogen-bond acceptors (Lipinski definition) is 5. The first-order valence-electron chi connectivity index (χ1n) is 9.17. The predicted octanol–water partition coefficient (Wildman–Crippen LogP) is 2.70. The molecule has 1 aliphatic rings. The summed E-state index contributed by atoms with van der Waals surface area (Å²) < 4.78 is 10.8. The summed E-state index contributed by atoms with van der Waals surface area (Å²) in [7, 11) is 1.77. The number of nitrogens with zero attached hydrogens (tertiary/aromatic N) is 3. The number of ether oxygens (including phenoxy) is 1. The van der Waals surface area contributed by atoms with Crippen LogP contribution in [0.4, 0.5) is 0 Å². The summed E-state index contributed by atoms with van der Waals surface area (Å²) >= 11 is 0. The highest BCUT2D eigenvalue weighted by molar-refractivity contribution is 14.0. The third-order valence-electron chi connectivity index (χ3n) is 4.32. The molecule has 1 aromatic heterocycles. The van der Waals surface area contributed by atoms with Gasteiger partial charge >= 0.3 is 0 Å². The van der Waals surface area contributed by atoms with Gasteiger partial charge in [0.2, 0.25) is 5.89 Å². The van der Waals surface area contributed by atoms with Crippen molar-refractivity contribution in [3.8, 4) is 5.75 Å². The number of benzene rings is 1. The molecule has 2 aromatic rings. The van der Waals surface area contributed by atoms with Gasteiger partial charge in [0.25, 0.3) is 0 Å². The minimum Gasteiger partial charge on any atom is -0.493 e. The maximum absolute atomic E-state index is 5.55. The fourth-order valence-corrected chi connectivity index (χ4v) is 2.83. The molecule has 0 unspecified atom stereocenters. The standard InChI is InChI=1S/C19H27N5O2.HI/c1-13(2)18-23-17(26-24-18)7-10-22-19(20-3)21-9-6-14-4-5-16-15(12-14)8-11-25-16;/h4-5,12-13H,6-11H2,1-3H3,(H2,20,21,22);1H. The molecular formula is C19H28IN5O2. The Hall–Kier alpha value is -1.84. The van der Waals surface area contributed by atoms with Crippen LogP contribution in [0.2, 0.25) is 0 Å². The quantitative estimate of drug-likeness (QED) is 0.357. The van der Waals surface area contributed by atoms with E-state index >= 15 is 0 Å². The van der Waals surface area contributed by atoms with Crippen LogP contribution in [0.5, 0.6) is 5.75 Å². The van der Waals surface area contributed by atoms with E-state index in [0.29, 0.717) is 18.9 Å². The van der Waals surface area contributed by atoms with Gasteiger partial charge in [-0.1, -0.05) is 31.1 Å². The van der Waals surface area contributed by atoms with E-state index in [0.717, 1.165) is 43.5 Å². The van der Waals surface area contributed by atoms with Gasteiger partial charge in [0.05, 0.1) is 6.61 Å². The van der Waals surface area contributed by atoms with Crippen LogP contribution in [0.15, 0.2) is 27.7 Å². The minimum absolute atomic E-state index is 0. The molecule has 0 fully saturated rings. The molecule has 1 aromatic carbocycles. The molecule has 0 saturated heterocycles. The zero-order chi connectivity index (χ0) is 18.4. The van der Waals surface area contributed by atoms with E-state index in [9.17, 15) is 0 Å². The van der Waals surface area contributed by atoms with Crippen LogP contribution in [0.3, 0.4) is 0 Å². The number of aliphatic imine (C=N–C) groups is 1. The molecule has 27 heavy (non-hydrogen) atoms. The van der Waals surface area contributed by atoms with E-state index in [1.807, 2.05) is 13.8 Å². The lowest BCUT2D eigenvalue weighted by Crippen LogP contribution is -2.39. The van der Waals surface area contributed by atoms with Crippen LogP contribution in [0, 0.1) is 0 Å². The summed E-state index contributed by atoms with van der Waals surface area (Å²) in [6.45, 7) is 6.40. The van der Waals surface area contributed by atoms with E-state index in [1.54, 1.807) is 7.05 Å². The Morgan fingerprint density at radius 3 is 2.70 bits per heavy atom. The summed E-state index contributed by atoms with van der Waals surface area (Å²) in [5, 5.41) is 10.6. The molecule has 148 valence electrons. The lowest BCUT2D eigenvalue weighted by Gasteiger charge is -2.11. The normalized spacial score (nSPS) is 13.1. The summed E-state index contributed by atoms with van der Waals surface area (Å²) in [5.41, 5.74) is 2.62. The summed E-state index contributed by atoms with van der Waals surface area (Å²) in [6.07, 6.45) is 2.62. The predicted molar refractivity (Wildman–Crippen MR) is 116 cm³/mol. The smallest absolute Gasteiger partial charge is 0.228 e. The number of nitrogens with one attached hydrogen (secondary N) is 2. The Balaban J connectivity index is 0.00000261. The monoisotopic (exact) mass is 485 g/mol. The van der Waals surface area contributed by atoms with Gasteiger partial charge in [-0.25, -0.2) is 0 Å². The van der Waals surface area contributed by atoms with Crippen molar-refractivity contribution in [2.45, 2.75) is 39.0 Å². The molecule has 0 aliphatic carbocycles. The zero-order valence-electron chi connectivity index (χ0n) is 16.1. The van der Waals surface area contributed by atoms with Crippen molar-refractivity contribution in [2.75, 3.05) is 26.7 Å². The summed E-state index contributed by atoms with van der Waals surface area (Å²) in [5.74, 6) is 3.49. The van der Waals surface area contributed by atoms with Crippen molar-refractivity contribution >= 4 is 29.9 Å². The molecule has 0 bridgehead atoms. The highest BCUT2D eigenvalue weighted by atomic mass is 127. The van der Waals surface area contributed by atoms with Crippen LogP contribution in [-0.4, -0.2) is 42.8 Å². The number of guanidine groups is 1. The van der Waals surface area contributed by atoms with Gasteiger partial charge < -0.3 is 19.9 Å². The molecule has 0 radical (unpaired) electrons. The Morgan fingerprint density at radius 1 is 1.22 bits per heavy atom. The lowest BCUT2D eigenvalue weighted by molar-refractivity contribution is 0.357. The van der Waals surface area contributed by atoms with E-state index in [4.69, 9.17) is 9.26 Å². The second-order valence-electron chi connectivity index (χ2n) is 6.67. The van der Waals surface area contributed by atoms with Gasteiger partial charge in [-0.3, -0.25) is 4.99 Å². The Labute approximate surface area is 177 Å². The Morgan fingerprint density at radius 2 is 2.00 bits per heavy atom. The first kappa shape index (κ1) is 21.5. The second kappa shape index (κ2) is 10.5. The molecule has 0 saturated carbocycles. The van der Waals surface area contributed by atoms with Crippen molar-refractivity contribution in [3.63, 3.8) is 0 Å². The number of fused-ring (bicyclic) bond motifs is 1. The molecule has 2 N–H and O–H groups in total. The van der Waals surface area contributed by atoms with Gasteiger partial charge in [-0.15, -0.1) is 24.0 Å². The third-order valence-corrected chi connectivity index (χ3v) is 4.32. The van der Waals surface area contributed by atoms with E-state index in [-0.39, 0.29) is 29.9 Å². The van der Waals surface area contributed by atoms with E-state index in [1.165, 1.54) is 11.1 Å². The second-order valence-corrected chi connectivity index (χ2v) is 6.67. The number of halogens is 1. The average molecular weight is 485 g/mol. The van der Waals surface area contributed by atoms with Crippen LogP contribution >= 0.6 is 24.0 Å². The van der Waals surface area contributed by atoms with Gasteiger partial charge in [0.1, 0.15) is 5.75 Å². The average Bonchev–Trinajstić information content (AvgIpc) is 3.29. The number of rotatable bonds is 7. The van der Waals surface area contributed by atoms with Crippen LogP contribution in [0.25, 0.3) is 0 Å². The Kier molecular flexibility index (Phi) is 8.33. The topological polar surface area (TPSA) is 84.6 Å². The van der Waals surface area contributed by atoms with E-state index < -0.39 is 0 Å². The van der Waals surface area contributed by atoms with Crippen molar-refractivity contribution in [3.05, 3.63) is 41.0 Å². The number of hydrogen-bond donors (Lipinski definition) is 2. The minimum atomic E-state index is 0. The van der Waals surface area contributed by atoms with Crippen LogP contribution in [0.1, 0.15) is 42.6 Å². The SMILES string of the molecule is CN=C(NCCc1ccc2c(c1)CCO2)NCCc1nc(C(C)C)no1.I. The number of aromatic nitrogens is 2. The molecule has 0 amide bonds. The van der Waals surface area contributed by atoms with Gasteiger partial charge in [-0.2, -0.15) is 4.98 Å². The van der Waals surface area contributed by atoms with Gasteiger partial charge in [0, 0.05) is 38.9 Å². The first-order valence-corrected chi connectivity index (χ1v) is 9.17. The lowest BCUT2D eigenvalue weighted by atomic mass is 10.1. The van der Waals surface area contributed by atoms with E-state index in [2.05, 4.69) is 44.0 Å². The molecule has 3 rings (SSSR count). The molecule has 7 nitrogen and oxygen atoms in total. The highest BCUT2D eigenvalue weighted by Gasteiger charge is 2.12. The van der Waals surface area contributed by atoms with Gasteiger partial charge in [0.15, 0.2) is 11.8 Å². The van der Waals surface area contributed by atoms with Crippen LogP contribution < -0.4 is 15.4 Å². The summed E-state index contributed by atoms with van der Waals surface area (Å²) in [6, 6.07) is 6.44. The molecule has 0 atom stereocenters. The van der Waals surface area contributed by atoms with Crippen molar-refractivity contribution < 1.29 is 9.26 Å².